The average Bonchev–Trinajstić information content (AvgIpc) is 3.18. The Kier molecular flexibility index (Phi) is 4.89. The van der Waals surface area contributed by atoms with Crippen molar-refractivity contribution in [1.29, 1.82) is 0 Å². The topological polar surface area (TPSA) is 58.6 Å². The molecule has 2 heterocycles. The minimum absolute atomic E-state index is 0.0122. The first kappa shape index (κ1) is 17.3. The van der Waals surface area contributed by atoms with Gasteiger partial charge in [-0.1, -0.05) is 36.4 Å². The van der Waals surface area contributed by atoms with Gasteiger partial charge in [-0.25, -0.2) is 0 Å². The molecule has 0 saturated carbocycles. The van der Waals surface area contributed by atoms with Gasteiger partial charge in [0.05, 0.1) is 16.5 Å². The van der Waals surface area contributed by atoms with Crippen molar-refractivity contribution >= 4 is 28.8 Å². The van der Waals surface area contributed by atoms with Crippen LogP contribution in [0.15, 0.2) is 72.1 Å². The van der Waals surface area contributed by atoms with Crippen LogP contribution in [0, 0.1) is 5.92 Å². The maximum absolute atomic E-state index is 12.6. The van der Waals surface area contributed by atoms with Crippen LogP contribution in [-0.2, 0) is 4.79 Å². The third-order valence-electron chi connectivity index (χ3n) is 4.39. The van der Waals surface area contributed by atoms with Gasteiger partial charge in [-0.2, -0.15) is 0 Å². The van der Waals surface area contributed by atoms with Crippen molar-refractivity contribution in [2.75, 3.05) is 18.4 Å². The molecule has 3 aromatic rings. The molecule has 136 valence electrons. The molecule has 5 nitrogen and oxygen atoms in total. The third-order valence-corrected chi connectivity index (χ3v) is 5.25. The molecule has 1 aliphatic rings. The Morgan fingerprint density at radius 1 is 0.963 bits per heavy atom. The predicted molar refractivity (Wildman–Crippen MR) is 105 cm³/mol. The fraction of sp³-hybridized carbons (Fsp3) is 0.143. The highest BCUT2D eigenvalue weighted by atomic mass is 32.1. The number of ether oxygens (including phenoxy) is 1. The molecule has 0 atom stereocenters. The Labute approximate surface area is 161 Å². The number of carbonyl (C=O) groups excluding carboxylic acids is 2. The minimum atomic E-state index is -0.210. The lowest BCUT2D eigenvalue weighted by molar-refractivity contribution is -0.123. The van der Waals surface area contributed by atoms with E-state index < -0.39 is 0 Å². The maximum Gasteiger partial charge on any atom is 0.263 e. The summed E-state index contributed by atoms with van der Waals surface area (Å²) in [5, 5.41) is 4.80. The zero-order valence-electron chi connectivity index (χ0n) is 14.5. The van der Waals surface area contributed by atoms with Crippen molar-refractivity contribution in [2.24, 2.45) is 5.92 Å². The van der Waals surface area contributed by atoms with E-state index in [1.54, 1.807) is 11.0 Å². The highest BCUT2D eigenvalue weighted by molar-refractivity contribution is 7.12. The number of benzene rings is 2. The number of likely N-dealkylation sites (tertiary alicyclic amines) is 1. The van der Waals surface area contributed by atoms with Crippen molar-refractivity contribution in [2.45, 2.75) is 0 Å². The molecule has 27 heavy (non-hydrogen) atoms. The van der Waals surface area contributed by atoms with Crippen LogP contribution in [0.4, 0.5) is 5.69 Å². The number of anilines is 1. The normalized spacial score (nSPS) is 13.7. The van der Waals surface area contributed by atoms with Crippen LogP contribution in [0.25, 0.3) is 0 Å². The lowest BCUT2D eigenvalue weighted by Crippen LogP contribution is -2.54. The summed E-state index contributed by atoms with van der Waals surface area (Å²) in [4.78, 5) is 27.2. The van der Waals surface area contributed by atoms with E-state index in [4.69, 9.17) is 4.74 Å². The summed E-state index contributed by atoms with van der Waals surface area (Å²) in [5.74, 6) is 0.966. The Bertz CT molecular complexity index is 935. The van der Waals surface area contributed by atoms with Crippen LogP contribution in [-0.4, -0.2) is 29.8 Å². The molecule has 0 unspecified atom stereocenters. The quantitative estimate of drug-likeness (QED) is 0.722. The van der Waals surface area contributed by atoms with Gasteiger partial charge < -0.3 is 15.0 Å². The lowest BCUT2D eigenvalue weighted by Gasteiger charge is -2.38. The molecular weight excluding hydrogens is 360 g/mol. The Morgan fingerprint density at radius 3 is 2.44 bits per heavy atom. The van der Waals surface area contributed by atoms with Crippen molar-refractivity contribution in [3.8, 4) is 11.5 Å². The second kappa shape index (κ2) is 7.63. The van der Waals surface area contributed by atoms with E-state index >= 15 is 0 Å². The van der Waals surface area contributed by atoms with Crippen molar-refractivity contribution in [1.82, 2.24) is 4.90 Å². The molecule has 1 N–H and O–H groups in total. The van der Waals surface area contributed by atoms with E-state index in [-0.39, 0.29) is 17.7 Å². The van der Waals surface area contributed by atoms with Gasteiger partial charge >= 0.3 is 0 Å². The second-order valence-electron chi connectivity index (χ2n) is 6.28. The summed E-state index contributed by atoms with van der Waals surface area (Å²) in [6.07, 6.45) is 0. The summed E-state index contributed by atoms with van der Waals surface area (Å²) in [6.45, 7) is 0.870. The molecule has 1 saturated heterocycles. The van der Waals surface area contributed by atoms with E-state index in [1.165, 1.54) is 11.3 Å². The number of nitrogens with one attached hydrogen (secondary N) is 1. The van der Waals surface area contributed by atoms with E-state index in [9.17, 15) is 9.59 Å². The Balaban J connectivity index is 1.37. The van der Waals surface area contributed by atoms with Gasteiger partial charge in [0.1, 0.15) is 5.75 Å². The largest absolute Gasteiger partial charge is 0.455 e. The van der Waals surface area contributed by atoms with Gasteiger partial charge in [0.25, 0.3) is 5.91 Å². The Morgan fingerprint density at radius 2 is 1.70 bits per heavy atom. The highest BCUT2D eigenvalue weighted by Gasteiger charge is 2.36. The number of amides is 2. The first-order valence-corrected chi connectivity index (χ1v) is 9.54. The number of hydrogen-bond donors (Lipinski definition) is 1. The molecule has 2 amide bonds. The number of para-hydroxylation sites is 3. The molecule has 1 aromatic heterocycles. The summed E-state index contributed by atoms with van der Waals surface area (Å²) >= 11 is 1.42. The molecule has 0 radical (unpaired) electrons. The van der Waals surface area contributed by atoms with E-state index in [1.807, 2.05) is 66.0 Å². The smallest absolute Gasteiger partial charge is 0.263 e. The minimum Gasteiger partial charge on any atom is -0.455 e. The zero-order chi connectivity index (χ0) is 18.6. The molecule has 2 aromatic carbocycles. The third kappa shape index (κ3) is 3.85. The van der Waals surface area contributed by atoms with Crippen LogP contribution in [0.1, 0.15) is 9.67 Å². The average molecular weight is 378 g/mol. The molecule has 0 aliphatic carbocycles. The van der Waals surface area contributed by atoms with Gasteiger partial charge in [0.15, 0.2) is 5.75 Å². The van der Waals surface area contributed by atoms with Gasteiger partial charge in [-0.3, -0.25) is 9.59 Å². The first-order chi connectivity index (χ1) is 13.2. The van der Waals surface area contributed by atoms with Gasteiger partial charge in [-0.05, 0) is 35.7 Å². The molecular formula is C21H18N2O3S. The van der Waals surface area contributed by atoms with Gasteiger partial charge in [-0.15, -0.1) is 11.3 Å². The number of rotatable bonds is 5. The highest BCUT2D eigenvalue weighted by Crippen LogP contribution is 2.30. The first-order valence-electron chi connectivity index (χ1n) is 8.66. The second-order valence-corrected chi connectivity index (χ2v) is 7.23. The van der Waals surface area contributed by atoms with Gasteiger partial charge in [0, 0.05) is 13.1 Å². The Hall–Kier alpha value is -3.12. The fourth-order valence-electron chi connectivity index (χ4n) is 2.88. The molecule has 1 aliphatic heterocycles. The monoisotopic (exact) mass is 378 g/mol. The van der Waals surface area contributed by atoms with Gasteiger partial charge in [0.2, 0.25) is 5.91 Å². The zero-order valence-corrected chi connectivity index (χ0v) is 15.3. The van der Waals surface area contributed by atoms with E-state index in [2.05, 4.69) is 5.32 Å². The van der Waals surface area contributed by atoms with Crippen LogP contribution < -0.4 is 10.1 Å². The molecule has 0 bridgehead atoms. The predicted octanol–water partition coefficient (Wildman–Crippen LogP) is 4.25. The summed E-state index contributed by atoms with van der Waals surface area (Å²) in [5.41, 5.74) is 0.620. The lowest BCUT2D eigenvalue weighted by atomic mass is 9.98. The molecule has 1 fully saturated rings. The van der Waals surface area contributed by atoms with Crippen molar-refractivity contribution in [3.63, 3.8) is 0 Å². The maximum atomic E-state index is 12.6. The van der Waals surface area contributed by atoms with Crippen LogP contribution in [0.2, 0.25) is 0 Å². The van der Waals surface area contributed by atoms with Crippen LogP contribution in [0.5, 0.6) is 11.5 Å². The molecule has 0 spiro atoms. The van der Waals surface area contributed by atoms with Crippen molar-refractivity contribution in [3.05, 3.63) is 77.0 Å². The fourth-order valence-corrected chi connectivity index (χ4v) is 3.57. The van der Waals surface area contributed by atoms with Crippen LogP contribution in [0.3, 0.4) is 0 Å². The summed E-state index contributed by atoms with van der Waals surface area (Å²) in [7, 11) is 0. The number of thiophene rings is 1. The molecule has 4 rings (SSSR count). The summed E-state index contributed by atoms with van der Waals surface area (Å²) in [6, 6.07) is 20.4. The van der Waals surface area contributed by atoms with Crippen LogP contribution >= 0.6 is 11.3 Å². The summed E-state index contributed by atoms with van der Waals surface area (Å²) < 4.78 is 5.87. The number of carbonyl (C=O) groups is 2. The van der Waals surface area contributed by atoms with E-state index in [0.717, 1.165) is 0 Å². The van der Waals surface area contributed by atoms with Crippen molar-refractivity contribution < 1.29 is 14.3 Å². The number of nitrogens with zero attached hydrogens (tertiary/aromatic N) is 1. The number of hydrogen-bond acceptors (Lipinski definition) is 4. The SMILES string of the molecule is O=C(Nc1ccccc1Oc1ccccc1)C1CN(C(=O)c2cccs2)C1. The standard InChI is InChI=1S/C21H18N2O3S/c24-20(15-13-23(14-15)21(25)19-11-6-12-27-19)22-17-9-4-5-10-18(17)26-16-7-2-1-3-8-16/h1-12,15H,13-14H2,(H,22,24). The van der Waals surface area contributed by atoms with E-state index in [0.29, 0.717) is 35.2 Å². The molecule has 6 heteroatoms.